The van der Waals surface area contributed by atoms with E-state index in [1.165, 1.54) is 28.5 Å². The van der Waals surface area contributed by atoms with Crippen LogP contribution in [-0.4, -0.2) is 62.3 Å². The standard InChI is InChI=1S/C17H22N4O5S.ClH/c1-25-16-6-4-3-5-14(16)15-10-18-7-8-21(15)27(23,24)13-9-19-20(11-13)12-17(22)26-2;/h3-6,9,11,15,18H,7-8,10,12H2,1-2H3;1H. The van der Waals surface area contributed by atoms with Crippen molar-refractivity contribution in [3.63, 3.8) is 0 Å². The molecular formula is C17H23ClN4O5S. The number of hydrogen-bond acceptors (Lipinski definition) is 7. The van der Waals surface area contributed by atoms with E-state index >= 15 is 0 Å². The number of benzene rings is 1. The Hall–Kier alpha value is -2.14. The van der Waals surface area contributed by atoms with E-state index in [-0.39, 0.29) is 23.8 Å². The van der Waals surface area contributed by atoms with Gasteiger partial charge in [-0.2, -0.15) is 9.40 Å². The molecule has 1 N–H and O–H groups in total. The van der Waals surface area contributed by atoms with Crippen molar-refractivity contribution in [2.24, 2.45) is 0 Å². The molecule has 0 saturated carbocycles. The van der Waals surface area contributed by atoms with E-state index in [0.29, 0.717) is 25.4 Å². The van der Waals surface area contributed by atoms with Crippen molar-refractivity contribution in [2.45, 2.75) is 17.5 Å². The van der Waals surface area contributed by atoms with Crippen LogP contribution >= 0.6 is 12.4 Å². The maximum atomic E-state index is 13.2. The first-order valence-corrected chi connectivity index (χ1v) is 9.86. The first-order valence-electron chi connectivity index (χ1n) is 8.42. The summed E-state index contributed by atoms with van der Waals surface area (Å²) >= 11 is 0. The molecule has 28 heavy (non-hydrogen) atoms. The maximum Gasteiger partial charge on any atom is 0.327 e. The van der Waals surface area contributed by atoms with Crippen LogP contribution in [0.5, 0.6) is 5.75 Å². The van der Waals surface area contributed by atoms with Crippen LogP contribution in [0.2, 0.25) is 0 Å². The Labute approximate surface area is 170 Å². The fraction of sp³-hybridized carbons (Fsp3) is 0.412. The van der Waals surface area contributed by atoms with Crippen LogP contribution in [0.4, 0.5) is 0 Å². The van der Waals surface area contributed by atoms with Gasteiger partial charge in [0.15, 0.2) is 0 Å². The molecule has 0 aliphatic carbocycles. The minimum Gasteiger partial charge on any atom is -0.496 e. The average molecular weight is 431 g/mol. The van der Waals surface area contributed by atoms with Crippen molar-refractivity contribution in [1.82, 2.24) is 19.4 Å². The molecule has 2 heterocycles. The lowest BCUT2D eigenvalue weighted by atomic mass is 10.0. The fourth-order valence-corrected chi connectivity index (χ4v) is 4.64. The van der Waals surface area contributed by atoms with Gasteiger partial charge in [0.1, 0.15) is 17.2 Å². The predicted molar refractivity (Wildman–Crippen MR) is 104 cm³/mol. The minimum atomic E-state index is -3.80. The lowest BCUT2D eigenvalue weighted by Gasteiger charge is -2.35. The van der Waals surface area contributed by atoms with Gasteiger partial charge in [-0.25, -0.2) is 8.42 Å². The summed E-state index contributed by atoms with van der Waals surface area (Å²) in [5, 5.41) is 7.20. The normalized spacial score (nSPS) is 17.6. The fourth-order valence-electron chi connectivity index (χ4n) is 3.08. The summed E-state index contributed by atoms with van der Waals surface area (Å²) in [4.78, 5) is 11.4. The Balaban J connectivity index is 0.00000280. The van der Waals surface area contributed by atoms with E-state index < -0.39 is 22.0 Å². The number of nitrogens with zero attached hydrogens (tertiary/aromatic N) is 3. The largest absolute Gasteiger partial charge is 0.496 e. The zero-order chi connectivity index (χ0) is 19.4. The molecule has 11 heteroatoms. The SMILES string of the molecule is COC(=O)Cn1cc(S(=O)(=O)N2CCNCC2c2ccccc2OC)cn1.Cl. The van der Waals surface area contributed by atoms with Crippen LogP contribution in [0, 0.1) is 0 Å². The van der Waals surface area contributed by atoms with Crippen molar-refractivity contribution >= 4 is 28.4 Å². The predicted octanol–water partition coefficient (Wildman–Crippen LogP) is 0.822. The average Bonchev–Trinajstić information content (AvgIpc) is 3.17. The third kappa shape index (κ3) is 4.46. The van der Waals surface area contributed by atoms with Crippen LogP contribution in [0.15, 0.2) is 41.6 Å². The Morgan fingerprint density at radius 3 is 2.79 bits per heavy atom. The molecule has 1 aromatic heterocycles. The highest BCUT2D eigenvalue weighted by molar-refractivity contribution is 7.89. The van der Waals surface area contributed by atoms with Gasteiger partial charge in [0.05, 0.1) is 26.5 Å². The number of hydrogen-bond donors (Lipinski definition) is 1. The van der Waals surface area contributed by atoms with Gasteiger partial charge in [-0.1, -0.05) is 18.2 Å². The first kappa shape index (κ1) is 22.2. The second kappa shape index (κ2) is 9.37. The molecule has 1 aliphatic rings. The highest BCUT2D eigenvalue weighted by Crippen LogP contribution is 2.33. The third-order valence-electron chi connectivity index (χ3n) is 4.43. The van der Waals surface area contributed by atoms with Crippen molar-refractivity contribution < 1.29 is 22.7 Å². The van der Waals surface area contributed by atoms with Crippen LogP contribution in [0.25, 0.3) is 0 Å². The molecule has 1 saturated heterocycles. The summed E-state index contributed by atoms with van der Waals surface area (Å²) in [5.41, 5.74) is 0.790. The van der Waals surface area contributed by atoms with E-state index in [0.717, 1.165) is 5.56 Å². The summed E-state index contributed by atoms with van der Waals surface area (Å²) < 4.78 is 39.1. The van der Waals surface area contributed by atoms with Crippen LogP contribution < -0.4 is 10.1 Å². The number of halogens is 1. The highest BCUT2D eigenvalue weighted by atomic mass is 35.5. The molecule has 1 unspecified atom stereocenters. The molecule has 3 rings (SSSR count). The first-order chi connectivity index (χ1) is 13.0. The second-order valence-corrected chi connectivity index (χ2v) is 7.92. The second-order valence-electron chi connectivity index (χ2n) is 6.03. The third-order valence-corrected chi connectivity index (χ3v) is 6.29. The molecule has 1 fully saturated rings. The molecule has 0 bridgehead atoms. The number of rotatable bonds is 6. The Kier molecular flexibility index (Phi) is 7.41. The van der Waals surface area contributed by atoms with Gasteiger partial charge in [0.2, 0.25) is 10.0 Å². The van der Waals surface area contributed by atoms with E-state index in [4.69, 9.17) is 4.74 Å². The number of piperazine rings is 1. The molecular weight excluding hydrogens is 408 g/mol. The number of carbonyl (C=O) groups is 1. The Morgan fingerprint density at radius 2 is 2.07 bits per heavy atom. The zero-order valence-corrected chi connectivity index (χ0v) is 17.2. The molecule has 9 nitrogen and oxygen atoms in total. The van der Waals surface area contributed by atoms with Crippen LogP contribution in [-0.2, 0) is 26.1 Å². The van der Waals surface area contributed by atoms with Gasteiger partial charge < -0.3 is 14.8 Å². The maximum absolute atomic E-state index is 13.2. The zero-order valence-electron chi connectivity index (χ0n) is 15.6. The molecule has 1 aliphatic heterocycles. The molecule has 0 amide bonds. The summed E-state index contributed by atoms with van der Waals surface area (Å²) in [5.74, 6) is 0.129. The summed E-state index contributed by atoms with van der Waals surface area (Å²) in [6.07, 6.45) is 2.59. The van der Waals surface area contributed by atoms with Gasteiger partial charge in [0.25, 0.3) is 0 Å². The molecule has 154 valence electrons. The number of aromatic nitrogens is 2. The summed E-state index contributed by atoms with van der Waals surface area (Å²) in [7, 11) is -0.977. The number of nitrogens with one attached hydrogen (secondary N) is 1. The number of para-hydroxylation sites is 1. The monoisotopic (exact) mass is 430 g/mol. The van der Waals surface area contributed by atoms with Gasteiger partial charge in [-0.05, 0) is 6.07 Å². The Bertz CT molecular complexity index is 918. The summed E-state index contributed by atoms with van der Waals surface area (Å²) in [6, 6.07) is 6.95. The topological polar surface area (TPSA) is 103 Å². The summed E-state index contributed by atoms with van der Waals surface area (Å²) in [6.45, 7) is 1.17. The van der Waals surface area contributed by atoms with E-state index in [1.54, 1.807) is 7.11 Å². The van der Waals surface area contributed by atoms with Gasteiger partial charge in [-0.3, -0.25) is 9.48 Å². The van der Waals surface area contributed by atoms with E-state index in [2.05, 4.69) is 15.2 Å². The Morgan fingerprint density at radius 1 is 1.32 bits per heavy atom. The van der Waals surface area contributed by atoms with E-state index in [1.807, 2.05) is 24.3 Å². The molecule has 0 spiro atoms. The lowest BCUT2D eigenvalue weighted by molar-refractivity contribution is -0.141. The van der Waals surface area contributed by atoms with E-state index in [9.17, 15) is 13.2 Å². The van der Waals surface area contributed by atoms with Crippen molar-refractivity contribution in [3.05, 3.63) is 42.2 Å². The molecule has 2 aromatic rings. The number of ether oxygens (including phenoxy) is 2. The quantitative estimate of drug-likeness (QED) is 0.677. The number of sulfonamides is 1. The van der Waals surface area contributed by atoms with Gasteiger partial charge >= 0.3 is 5.97 Å². The minimum absolute atomic E-state index is 0. The van der Waals surface area contributed by atoms with Crippen molar-refractivity contribution in [2.75, 3.05) is 33.9 Å². The van der Waals surface area contributed by atoms with Gasteiger partial charge in [-0.15, -0.1) is 12.4 Å². The van der Waals surface area contributed by atoms with Crippen LogP contribution in [0.3, 0.4) is 0 Å². The van der Waals surface area contributed by atoms with Crippen LogP contribution in [0.1, 0.15) is 11.6 Å². The molecule has 1 aromatic carbocycles. The van der Waals surface area contributed by atoms with Crippen molar-refractivity contribution in [3.8, 4) is 5.75 Å². The van der Waals surface area contributed by atoms with Crippen molar-refractivity contribution in [1.29, 1.82) is 0 Å². The number of carbonyl (C=O) groups excluding carboxylic acids is 1. The molecule has 0 radical (unpaired) electrons. The lowest BCUT2D eigenvalue weighted by Crippen LogP contribution is -2.48. The number of esters is 1. The highest BCUT2D eigenvalue weighted by Gasteiger charge is 2.36. The number of methoxy groups -OCH3 is 2. The molecule has 1 atom stereocenters. The van der Waals surface area contributed by atoms with Gasteiger partial charge in [0, 0.05) is 31.4 Å². The smallest absolute Gasteiger partial charge is 0.327 e.